The van der Waals surface area contributed by atoms with Crippen molar-refractivity contribution in [2.24, 2.45) is 0 Å². The van der Waals surface area contributed by atoms with Gasteiger partial charge in [-0.2, -0.15) is 13.2 Å². The van der Waals surface area contributed by atoms with Gasteiger partial charge < -0.3 is 4.74 Å². The van der Waals surface area contributed by atoms with Crippen LogP contribution in [0.15, 0.2) is 72.8 Å². The second kappa shape index (κ2) is 8.39. The number of alkyl halides is 3. The molecule has 0 unspecified atom stereocenters. The smallest absolute Gasteiger partial charge is 0.416 e. The third-order valence-corrected chi connectivity index (χ3v) is 5.45. The summed E-state index contributed by atoms with van der Waals surface area (Å²) < 4.78 is 46.4. The Morgan fingerprint density at radius 2 is 1.60 bits per heavy atom. The van der Waals surface area contributed by atoms with Crippen molar-refractivity contribution >= 4 is 11.1 Å². The summed E-state index contributed by atoms with van der Waals surface area (Å²) in [7, 11) is 0. The van der Waals surface area contributed by atoms with Gasteiger partial charge in [0.25, 0.3) is 0 Å². The average Bonchev–Trinajstić information content (AvgIpc) is 3.22. The molecule has 0 spiro atoms. The maximum absolute atomic E-state index is 13.5. The molecule has 0 amide bonds. The molecule has 0 saturated carbocycles. The monoisotopic (exact) mass is 408 g/mol. The van der Waals surface area contributed by atoms with Gasteiger partial charge in [0.1, 0.15) is 12.4 Å². The Balaban J connectivity index is 1.78. The summed E-state index contributed by atoms with van der Waals surface area (Å²) in [6.45, 7) is 2.34. The van der Waals surface area contributed by atoms with Gasteiger partial charge in [-0.05, 0) is 66.7 Å². The molecule has 1 aliphatic carbocycles. The topological polar surface area (TPSA) is 9.23 Å². The van der Waals surface area contributed by atoms with E-state index in [0.717, 1.165) is 53.2 Å². The van der Waals surface area contributed by atoms with E-state index in [1.165, 1.54) is 12.1 Å². The molecule has 3 aromatic carbocycles. The maximum Gasteiger partial charge on any atom is 0.416 e. The van der Waals surface area contributed by atoms with E-state index in [1.807, 2.05) is 55.5 Å². The predicted molar refractivity (Wildman–Crippen MR) is 114 cm³/mol. The third-order valence-electron chi connectivity index (χ3n) is 5.45. The van der Waals surface area contributed by atoms with Crippen LogP contribution in [0.4, 0.5) is 13.2 Å². The first-order valence-corrected chi connectivity index (χ1v) is 10.1. The number of ether oxygens (including phenoxy) is 1. The molecule has 0 aliphatic heterocycles. The van der Waals surface area contributed by atoms with E-state index >= 15 is 0 Å². The standard InChI is InChI=1S/C26H23F3O/c1-18-7-5-10-20(15-18)22-11-6-12-23(22)24-16-21(26(27,28)29)13-14-25(24)30-17-19-8-3-2-4-9-19/h2-5,7-10,13-16H,6,11-12,17H2,1H3. The number of aryl methyl sites for hydroxylation is 1. The quantitative estimate of drug-likeness (QED) is 0.420. The Labute approximate surface area is 174 Å². The van der Waals surface area contributed by atoms with Crippen LogP contribution >= 0.6 is 0 Å². The minimum atomic E-state index is -4.39. The van der Waals surface area contributed by atoms with Crippen molar-refractivity contribution in [1.29, 1.82) is 0 Å². The minimum absolute atomic E-state index is 0.312. The lowest BCUT2D eigenvalue weighted by Gasteiger charge is -2.17. The van der Waals surface area contributed by atoms with Crippen LogP contribution in [0.5, 0.6) is 5.75 Å². The summed E-state index contributed by atoms with van der Waals surface area (Å²) in [5.41, 5.74) is 5.16. The molecular weight excluding hydrogens is 385 g/mol. The van der Waals surface area contributed by atoms with Gasteiger partial charge >= 0.3 is 6.18 Å². The molecule has 0 saturated heterocycles. The van der Waals surface area contributed by atoms with E-state index in [-0.39, 0.29) is 0 Å². The van der Waals surface area contributed by atoms with E-state index in [4.69, 9.17) is 4.74 Å². The summed E-state index contributed by atoms with van der Waals surface area (Å²) in [6.07, 6.45) is -1.87. The number of rotatable bonds is 5. The molecule has 0 atom stereocenters. The van der Waals surface area contributed by atoms with Crippen LogP contribution in [-0.2, 0) is 12.8 Å². The summed E-state index contributed by atoms with van der Waals surface area (Å²) in [5, 5.41) is 0. The van der Waals surface area contributed by atoms with Crippen molar-refractivity contribution in [2.75, 3.05) is 0 Å². The van der Waals surface area contributed by atoms with Crippen molar-refractivity contribution < 1.29 is 17.9 Å². The second-order valence-corrected chi connectivity index (χ2v) is 7.66. The number of benzene rings is 3. The van der Waals surface area contributed by atoms with Crippen molar-refractivity contribution in [3.8, 4) is 5.75 Å². The molecule has 4 rings (SSSR count). The van der Waals surface area contributed by atoms with Gasteiger partial charge in [0, 0.05) is 5.56 Å². The summed E-state index contributed by atoms with van der Waals surface area (Å²) in [6, 6.07) is 21.6. The Kier molecular flexibility index (Phi) is 5.67. The highest BCUT2D eigenvalue weighted by Crippen LogP contribution is 2.44. The molecule has 0 N–H and O–H groups in total. The predicted octanol–water partition coefficient (Wildman–Crippen LogP) is 7.69. The molecule has 4 heteroatoms. The van der Waals surface area contributed by atoms with Gasteiger partial charge in [-0.1, -0.05) is 60.2 Å². The number of allylic oxidation sites excluding steroid dienone is 2. The van der Waals surface area contributed by atoms with E-state index in [1.54, 1.807) is 0 Å². The molecule has 30 heavy (non-hydrogen) atoms. The normalized spacial score (nSPS) is 14.3. The molecular formula is C26H23F3O. The molecule has 1 aliphatic rings. The van der Waals surface area contributed by atoms with E-state index in [2.05, 4.69) is 6.07 Å². The Hall–Kier alpha value is -3.01. The fourth-order valence-electron chi connectivity index (χ4n) is 4.00. The second-order valence-electron chi connectivity index (χ2n) is 7.66. The molecule has 0 bridgehead atoms. The molecule has 0 heterocycles. The van der Waals surface area contributed by atoms with Crippen LogP contribution in [0.1, 0.15) is 47.1 Å². The first kappa shape index (κ1) is 20.3. The molecule has 3 aromatic rings. The molecule has 0 fully saturated rings. The first-order valence-electron chi connectivity index (χ1n) is 10.1. The number of halogens is 3. The van der Waals surface area contributed by atoms with Crippen molar-refractivity contribution in [3.63, 3.8) is 0 Å². The van der Waals surface area contributed by atoms with Crippen molar-refractivity contribution in [3.05, 3.63) is 101 Å². The zero-order chi connectivity index (χ0) is 21.1. The van der Waals surface area contributed by atoms with Gasteiger partial charge in [-0.15, -0.1) is 0 Å². The van der Waals surface area contributed by atoms with E-state index in [9.17, 15) is 13.2 Å². The van der Waals surface area contributed by atoms with Crippen LogP contribution < -0.4 is 4.74 Å². The van der Waals surface area contributed by atoms with E-state index in [0.29, 0.717) is 17.9 Å². The maximum atomic E-state index is 13.5. The van der Waals surface area contributed by atoms with Gasteiger partial charge in [0.15, 0.2) is 0 Å². The average molecular weight is 408 g/mol. The minimum Gasteiger partial charge on any atom is -0.488 e. The molecule has 0 aromatic heterocycles. The first-order chi connectivity index (χ1) is 14.4. The van der Waals surface area contributed by atoms with Crippen LogP contribution in [0, 0.1) is 6.92 Å². The summed E-state index contributed by atoms with van der Waals surface area (Å²) in [5.74, 6) is 0.494. The van der Waals surface area contributed by atoms with E-state index < -0.39 is 11.7 Å². The van der Waals surface area contributed by atoms with Gasteiger partial charge in [-0.25, -0.2) is 0 Å². The molecule has 154 valence electrons. The Bertz CT molecular complexity index is 1070. The summed E-state index contributed by atoms with van der Waals surface area (Å²) >= 11 is 0. The van der Waals surface area contributed by atoms with Crippen LogP contribution in [0.2, 0.25) is 0 Å². The van der Waals surface area contributed by atoms with Crippen LogP contribution in [0.25, 0.3) is 11.1 Å². The van der Waals surface area contributed by atoms with Crippen molar-refractivity contribution in [1.82, 2.24) is 0 Å². The molecule has 1 nitrogen and oxygen atoms in total. The lowest BCUT2D eigenvalue weighted by molar-refractivity contribution is -0.137. The lowest BCUT2D eigenvalue weighted by atomic mass is 9.94. The Morgan fingerprint density at radius 1 is 0.833 bits per heavy atom. The highest BCUT2D eigenvalue weighted by molar-refractivity contribution is 5.94. The zero-order valence-electron chi connectivity index (χ0n) is 16.8. The van der Waals surface area contributed by atoms with Crippen LogP contribution in [-0.4, -0.2) is 0 Å². The van der Waals surface area contributed by atoms with Gasteiger partial charge in [-0.3, -0.25) is 0 Å². The van der Waals surface area contributed by atoms with Gasteiger partial charge in [0.2, 0.25) is 0 Å². The molecule has 0 radical (unpaired) electrons. The zero-order valence-corrected chi connectivity index (χ0v) is 16.8. The SMILES string of the molecule is Cc1cccc(C2=C(c3cc(C(F)(F)F)ccc3OCc3ccccc3)CCC2)c1. The number of hydrogen-bond acceptors (Lipinski definition) is 1. The number of hydrogen-bond donors (Lipinski definition) is 0. The van der Waals surface area contributed by atoms with Crippen molar-refractivity contribution in [2.45, 2.75) is 39.0 Å². The third kappa shape index (κ3) is 4.43. The van der Waals surface area contributed by atoms with Gasteiger partial charge in [0.05, 0.1) is 5.56 Å². The highest BCUT2D eigenvalue weighted by atomic mass is 19.4. The largest absolute Gasteiger partial charge is 0.488 e. The van der Waals surface area contributed by atoms with Crippen LogP contribution in [0.3, 0.4) is 0 Å². The fraction of sp³-hybridized carbons (Fsp3) is 0.231. The summed E-state index contributed by atoms with van der Waals surface area (Å²) in [4.78, 5) is 0. The highest BCUT2D eigenvalue weighted by Gasteiger charge is 2.32. The lowest BCUT2D eigenvalue weighted by Crippen LogP contribution is -2.07. The Morgan fingerprint density at radius 3 is 2.33 bits per heavy atom. The fourth-order valence-corrected chi connectivity index (χ4v) is 4.00.